The van der Waals surface area contributed by atoms with E-state index in [0.29, 0.717) is 10.7 Å². The zero-order valence-corrected chi connectivity index (χ0v) is 16.7. The molecule has 1 saturated heterocycles. The number of fused-ring (bicyclic) bond motifs is 1. The van der Waals surface area contributed by atoms with Gasteiger partial charge in [0.15, 0.2) is 4.32 Å². The first-order chi connectivity index (χ1) is 14.0. The van der Waals surface area contributed by atoms with Crippen LogP contribution in [-0.2, 0) is 9.59 Å². The molecule has 0 radical (unpaired) electrons. The van der Waals surface area contributed by atoms with Crippen LogP contribution in [-0.4, -0.2) is 34.0 Å². The van der Waals surface area contributed by atoms with Crippen LogP contribution in [0.4, 0.5) is 0 Å². The van der Waals surface area contributed by atoms with Crippen molar-refractivity contribution in [3.05, 3.63) is 76.3 Å². The van der Waals surface area contributed by atoms with Crippen LogP contribution in [0.25, 0.3) is 6.08 Å². The molecule has 1 fully saturated rings. The minimum atomic E-state index is -0.818. The van der Waals surface area contributed by atoms with E-state index < -0.39 is 17.7 Å². The van der Waals surface area contributed by atoms with Crippen LogP contribution in [0.1, 0.15) is 15.9 Å². The molecular formula is C21H13NO5S2. The summed E-state index contributed by atoms with van der Waals surface area (Å²) in [5.74, 6) is -0.840. The molecule has 6 nitrogen and oxygen atoms in total. The van der Waals surface area contributed by atoms with Crippen molar-refractivity contribution >= 4 is 52.0 Å². The van der Waals surface area contributed by atoms with Gasteiger partial charge in [0.2, 0.25) is 5.78 Å². The van der Waals surface area contributed by atoms with Crippen LogP contribution in [0.5, 0.6) is 11.5 Å². The Kier molecular flexibility index (Phi) is 5.04. The van der Waals surface area contributed by atoms with Gasteiger partial charge in [-0.1, -0.05) is 48.2 Å². The Morgan fingerprint density at radius 3 is 2.52 bits per heavy atom. The van der Waals surface area contributed by atoms with Crippen molar-refractivity contribution in [1.82, 2.24) is 4.90 Å². The number of rotatable bonds is 3. The minimum absolute atomic E-state index is 0.199. The van der Waals surface area contributed by atoms with Crippen LogP contribution in [0.3, 0.4) is 0 Å². The number of esters is 1. The van der Waals surface area contributed by atoms with Crippen molar-refractivity contribution in [1.29, 1.82) is 0 Å². The highest BCUT2D eigenvalue weighted by atomic mass is 32.2. The van der Waals surface area contributed by atoms with Gasteiger partial charge in [-0.2, -0.15) is 0 Å². The molecule has 29 heavy (non-hydrogen) atoms. The van der Waals surface area contributed by atoms with Crippen molar-refractivity contribution in [2.75, 3.05) is 7.11 Å². The van der Waals surface area contributed by atoms with E-state index >= 15 is 0 Å². The maximum absolute atomic E-state index is 12.8. The number of ether oxygens (including phenoxy) is 2. The van der Waals surface area contributed by atoms with Gasteiger partial charge in [-0.15, -0.1) is 0 Å². The van der Waals surface area contributed by atoms with E-state index in [2.05, 4.69) is 0 Å². The smallest absolute Gasteiger partial charge is 0.349 e. The number of hydrogen-bond donors (Lipinski definition) is 0. The van der Waals surface area contributed by atoms with E-state index in [4.69, 9.17) is 21.7 Å². The zero-order valence-electron chi connectivity index (χ0n) is 15.1. The lowest BCUT2D eigenvalue weighted by Crippen LogP contribution is -2.30. The summed E-state index contributed by atoms with van der Waals surface area (Å²) in [6.45, 7) is 0. The van der Waals surface area contributed by atoms with Crippen molar-refractivity contribution < 1.29 is 23.9 Å². The Morgan fingerprint density at radius 1 is 1.07 bits per heavy atom. The van der Waals surface area contributed by atoms with Gasteiger partial charge < -0.3 is 9.47 Å². The molecule has 0 atom stereocenters. The van der Waals surface area contributed by atoms with Gasteiger partial charge in [0.05, 0.1) is 17.6 Å². The molecule has 0 saturated carbocycles. The molecule has 2 aliphatic rings. The molecular weight excluding hydrogens is 410 g/mol. The number of para-hydroxylation sites is 1. The molecule has 0 bridgehead atoms. The predicted octanol–water partition coefficient (Wildman–Crippen LogP) is 3.58. The van der Waals surface area contributed by atoms with Crippen LogP contribution >= 0.6 is 24.0 Å². The summed E-state index contributed by atoms with van der Waals surface area (Å²) in [5, 5.41) is 0. The Labute approximate surface area is 175 Å². The fourth-order valence-corrected chi connectivity index (χ4v) is 4.03. The second-order valence-corrected chi connectivity index (χ2v) is 7.76. The van der Waals surface area contributed by atoms with Crippen molar-refractivity contribution in [2.45, 2.75) is 0 Å². The summed E-state index contributed by atoms with van der Waals surface area (Å²) in [5.41, 5.74) is 0.810. The molecule has 0 N–H and O–H groups in total. The highest BCUT2D eigenvalue weighted by Crippen LogP contribution is 2.35. The van der Waals surface area contributed by atoms with E-state index in [1.54, 1.807) is 49.6 Å². The van der Waals surface area contributed by atoms with E-state index in [-0.39, 0.29) is 21.2 Å². The van der Waals surface area contributed by atoms with E-state index in [1.807, 2.05) is 12.1 Å². The van der Waals surface area contributed by atoms with Crippen molar-refractivity contribution in [2.24, 2.45) is 0 Å². The molecule has 0 aromatic heterocycles. The number of ketones is 1. The molecule has 1 amide bonds. The maximum atomic E-state index is 12.8. The summed E-state index contributed by atoms with van der Waals surface area (Å²) < 4.78 is 10.5. The molecule has 4 rings (SSSR count). The zero-order chi connectivity index (χ0) is 20.5. The van der Waals surface area contributed by atoms with Crippen molar-refractivity contribution in [3.63, 3.8) is 0 Å². The lowest BCUT2D eigenvalue weighted by atomic mass is 10.0. The number of thiocarbonyl (C=S) groups is 1. The van der Waals surface area contributed by atoms with E-state index in [9.17, 15) is 14.4 Å². The number of nitrogens with zero attached hydrogens (tertiary/aromatic N) is 1. The van der Waals surface area contributed by atoms with Crippen LogP contribution in [0.2, 0.25) is 0 Å². The summed E-state index contributed by atoms with van der Waals surface area (Å²) in [7, 11) is 1.57. The molecule has 0 spiro atoms. The van der Waals surface area contributed by atoms with Gasteiger partial charge in [-0.05, 0) is 35.9 Å². The molecule has 2 aromatic rings. The normalized spacial score (nSPS) is 19.0. The first-order valence-electron chi connectivity index (χ1n) is 8.47. The first-order valence-corrected chi connectivity index (χ1v) is 9.69. The third-order valence-corrected chi connectivity index (χ3v) is 5.62. The fourth-order valence-electron chi connectivity index (χ4n) is 2.82. The number of Topliss-reactive ketones (excluding diaryl/α,β-unsaturated/α-hetero) is 1. The number of amides is 1. The highest BCUT2D eigenvalue weighted by Gasteiger charge is 2.36. The Balaban J connectivity index is 1.63. The Bertz CT molecular complexity index is 1120. The summed E-state index contributed by atoms with van der Waals surface area (Å²) in [6.07, 6.45) is 2.85. The predicted molar refractivity (Wildman–Crippen MR) is 112 cm³/mol. The van der Waals surface area contributed by atoms with Gasteiger partial charge in [0.25, 0.3) is 5.91 Å². The van der Waals surface area contributed by atoms with Crippen LogP contribution in [0, 0.1) is 0 Å². The lowest BCUT2D eigenvalue weighted by molar-refractivity contribution is -0.130. The molecule has 0 aliphatic carbocycles. The van der Waals surface area contributed by atoms with Gasteiger partial charge >= 0.3 is 5.97 Å². The molecule has 2 aromatic carbocycles. The quantitative estimate of drug-likeness (QED) is 0.246. The topological polar surface area (TPSA) is 72.9 Å². The average molecular weight is 423 g/mol. The Hall–Kier alpha value is -3.23. The maximum Gasteiger partial charge on any atom is 0.349 e. The number of carbonyl (C=O) groups excluding carboxylic acids is 3. The van der Waals surface area contributed by atoms with Gasteiger partial charge in [-0.25, -0.2) is 4.79 Å². The SMILES string of the molecule is COc1ccc(/C=C2/SC(=S)N(/C=C3/C(=O)Oc4ccccc4C3=O)C2=O)cc1. The standard InChI is InChI=1S/C21H13NO5S2/c1-26-13-8-6-12(7-9-13)10-17-19(24)22(21(28)29-17)11-15-18(23)14-4-2-3-5-16(14)27-20(15)25/h2-11H,1H3/b15-11+,17-10+. The monoisotopic (exact) mass is 423 g/mol. The summed E-state index contributed by atoms with van der Waals surface area (Å²) in [6, 6.07) is 13.6. The number of benzene rings is 2. The molecule has 2 aliphatic heterocycles. The Morgan fingerprint density at radius 2 is 1.79 bits per heavy atom. The molecule has 2 heterocycles. The van der Waals surface area contributed by atoms with Gasteiger partial charge in [-0.3, -0.25) is 14.5 Å². The highest BCUT2D eigenvalue weighted by molar-refractivity contribution is 8.26. The first kappa shape index (κ1) is 19.1. The fraction of sp³-hybridized carbons (Fsp3) is 0.0476. The largest absolute Gasteiger partial charge is 0.497 e. The number of carbonyl (C=O) groups is 3. The second-order valence-electron chi connectivity index (χ2n) is 6.08. The third-order valence-electron chi connectivity index (χ3n) is 4.29. The van der Waals surface area contributed by atoms with E-state index in [1.165, 1.54) is 0 Å². The minimum Gasteiger partial charge on any atom is -0.497 e. The van der Waals surface area contributed by atoms with Crippen LogP contribution in [0.15, 0.2) is 65.2 Å². The molecule has 0 unspecified atom stereocenters. The summed E-state index contributed by atoms with van der Waals surface area (Å²) >= 11 is 6.37. The second kappa shape index (κ2) is 7.65. The number of thioether (sulfide) groups is 1. The van der Waals surface area contributed by atoms with E-state index in [0.717, 1.165) is 28.4 Å². The summed E-state index contributed by atoms with van der Waals surface area (Å²) in [4.78, 5) is 39.3. The van der Waals surface area contributed by atoms with Gasteiger partial charge in [0, 0.05) is 6.20 Å². The molecule has 8 heteroatoms. The van der Waals surface area contributed by atoms with Crippen molar-refractivity contribution in [3.8, 4) is 11.5 Å². The average Bonchev–Trinajstić information content (AvgIpc) is 2.98. The number of hydrogen-bond acceptors (Lipinski definition) is 7. The number of methoxy groups -OCH3 is 1. The third kappa shape index (κ3) is 3.59. The van der Waals surface area contributed by atoms with Crippen LogP contribution < -0.4 is 9.47 Å². The van der Waals surface area contributed by atoms with Gasteiger partial charge in [0.1, 0.15) is 17.1 Å². The molecule has 144 valence electrons. The lowest BCUT2D eigenvalue weighted by Gasteiger charge is -2.18.